The molecule has 0 spiro atoms. The number of furan rings is 2. The van der Waals surface area contributed by atoms with Crippen molar-refractivity contribution < 1.29 is 8.83 Å². The van der Waals surface area contributed by atoms with E-state index in [1.807, 2.05) is 18.2 Å². The summed E-state index contributed by atoms with van der Waals surface area (Å²) in [4.78, 5) is 2.41. The summed E-state index contributed by atoms with van der Waals surface area (Å²) in [7, 11) is 0. The highest BCUT2D eigenvalue weighted by molar-refractivity contribution is 6.15. The number of fused-ring (bicyclic) bond motifs is 6. The van der Waals surface area contributed by atoms with Crippen LogP contribution in [0.4, 0.5) is 17.1 Å². The lowest BCUT2D eigenvalue weighted by molar-refractivity contribution is 0.668. The van der Waals surface area contributed by atoms with E-state index in [-0.39, 0.29) is 0 Å². The van der Waals surface area contributed by atoms with Crippen molar-refractivity contribution >= 4 is 60.9 Å². The molecule has 296 valence electrons. The van der Waals surface area contributed by atoms with E-state index in [9.17, 15) is 0 Å². The van der Waals surface area contributed by atoms with Crippen LogP contribution in [0.15, 0.2) is 245 Å². The Morgan fingerprint density at radius 2 is 0.698 bits per heavy atom. The molecule has 3 heteroatoms. The summed E-state index contributed by atoms with van der Waals surface area (Å²) in [6.45, 7) is 0. The maximum absolute atomic E-state index is 6.48. The smallest absolute Gasteiger partial charge is 0.136 e. The second-order valence-electron chi connectivity index (χ2n) is 16.0. The van der Waals surface area contributed by atoms with E-state index in [2.05, 4.69) is 223 Å². The van der Waals surface area contributed by atoms with Gasteiger partial charge in [0.1, 0.15) is 22.3 Å². The number of para-hydroxylation sites is 2. The van der Waals surface area contributed by atoms with Crippen molar-refractivity contribution in [3.63, 3.8) is 0 Å². The summed E-state index contributed by atoms with van der Waals surface area (Å²) in [6, 6.07) is 84.3. The van der Waals surface area contributed by atoms with Crippen LogP contribution >= 0.6 is 0 Å². The van der Waals surface area contributed by atoms with Crippen molar-refractivity contribution in [2.24, 2.45) is 0 Å². The molecule has 0 unspecified atom stereocenters. The second kappa shape index (κ2) is 15.3. The van der Waals surface area contributed by atoms with Gasteiger partial charge < -0.3 is 13.7 Å². The number of hydrogen-bond acceptors (Lipinski definition) is 3. The van der Waals surface area contributed by atoms with Gasteiger partial charge in [-0.3, -0.25) is 0 Å². The maximum atomic E-state index is 6.48. The van der Waals surface area contributed by atoms with Crippen LogP contribution in [0.3, 0.4) is 0 Å². The van der Waals surface area contributed by atoms with Crippen molar-refractivity contribution in [1.29, 1.82) is 0 Å². The van der Waals surface area contributed by atoms with Crippen LogP contribution in [0.25, 0.3) is 99.5 Å². The molecule has 0 fully saturated rings. The molecular formula is C60H39NO2. The minimum Gasteiger partial charge on any atom is -0.456 e. The Kier molecular flexibility index (Phi) is 8.83. The summed E-state index contributed by atoms with van der Waals surface area (Å²) in [5.74, 6) is 0. The van der Waals surface area contributed by atoms with Gasteiger partial charge >= 0.3 is 0 Å². The number of benzene rings is 10. The van der Waals surface area contributed by atoms with Gasteiger partial charge in [0.05, 0.1) is 5.69 Å². The Balaban J connectivity index is 1.10. The van der Waals surface area contributed by atoms with E-state index in [0.29, 0.717) is 0 Å². The predicted molar refractivity (Wildman–Crippen MR) is 263 cm³/mol. The van der Waals surface area contributed by atoms with Crippen LogP contribution in [-0.2, 0) is 0 Å². The Morgan fingerprint density at radius 1 is 0.270 bits per heavy atom. The van der Waals surface area contributed by atoms with Gasteiger partial charge in [-0.1, -0.05) is 176 Å². The van der Waals surface area contributed by atoms with Crippen molar-refractivity contribution in [2.75, 3.05) is 4.90 Å². The lowest BCUT2D eigenvalue weighted by Gasteiger charge is -2.30. The zero-order chi connectivity index (χ0) is 41.7. The molecule has 0 aliphatic carbocycles. The fourth-order valence-electron chi connectivity index (χ4n) is 9.40. The normalized spacial score (nSPS) is 11.5. The van der Waals surface area contributed by atoms with Gasteiger partial charge in [-0.25, -0.2) is 0 Å². The molecule has 0 saturated carbocycles. The van der Waals surface area contributed by atoms with E-state index in [1.165, 1.54) is 11.1 Å². The summed E-state index contributed by atoms with van der Waals surface area (Å²) in [5.41, 5.74) is 18.1. The molecule has 0 radical (unpaired) electrons. The van der Waals surface area contributed by atoms with E-state index in [1.54, 1.807) is 0 Å². The molecule has 0 bridgehead atoms. The third kappa shape index (κ3) is 6.38. The van der Waals surface area contributed by atoms with Crippen molar-refractivity contribution in [3.05, 3.63) is 237 Å². The average molecular weight is 806 g/mol. The van der Waals surface area contributed by atoms with Crippen LogP contribution < -0.4 is 4.90 Å². The van der Waals surface area contributed by atoms with Crippen LogP contribution in [0.5, 0.6) is 0 Å². The molecule has 2 heterocycles. The van der Waals surface area contributed by atoms with E-state index >= 15 is 0 Å². The Morgan fingerprint density at radius 3 is 1.33 bits per heavy atom. The van der Waals surface area contributed by atoms with Gasteiger partial charge in [-0.05, 0) is 111 Å². The first-order valence-electron chi connectivity index (χ1n) is 21.4. The van der Waals surface area contributed by atoms with Gasteiger partial charge in [-0.15, -0.1) is 0 Å². The SMILES string of the molecule is c1ccc(-c2ccc(N(c3ccc(-c4cccc5oc6ccccc6c45)cc3)c3cccc(-c4cccc5oc6ccccc6c45)c3-c3cccc(-c4ccccc4)c3)cc2)cc1. The molecule has 0 amide bonds. The topological polar surface area (TPSA) is 29.5 Å². The molecule has 2 aromatic heterocycles. The molecule has 63 heavy (non-hydrogen) atoms. The highest BCUT2D eigenvalue weighted by Crippen LogP contribution is 2.49. The number of hydrogen-bond donors (Lipinski definition) is 0. The van der Waals surface area contributed by atoms with E-state index < -0.39 is 0 Å². The standard InChI is InChI=1S/C60H39NO2/c1-3-15-40(16-4-1)42-31-35-46(36-32-42)61(47-37-33-43(34-38-47)48-23-13-29-56-59(48)51-21-7-9-27-54(51)62-56)53-26-12-24-49(50-25-14-30-57-60(50)52-22-8-10-28-55(52)63-57)58(53)45-20-11-19-44(39-45)41-17-5-2-6-18-41/h1-39H. The molecule has 12 aromatic rings. The van der Waals surface area contributed by atoms with E-state index in [0.717, 1.165) is 105 Å². The van der Waals surface area contributed by atoms with Crippen molar-refractivity contribution in [3.8, 4) is 55.6 Å². The van der Waals surface area contributed by atoms with Crippen LogP contribution in [0.1, 0.15) is 0 Å². The molecule has 0 N–H and O–H groups in total. The third-order valence-corrected chi connectivity index (χ3v) is 12.3. The maximum Gasteiger partial charge on any atom is 0.136 e. The van der Waals surface area contributed by atoms with Gasteiger partial charge in [0.2, 0.25) is 0 Å². The zero-order valence-electron chi connectivity index (χ0n) is 34.3. The summed E-state index contributed by atoms with van der Waals surface area (Å²) >= 11 is 0. The molecule has 3 nitrogen and oxygen atoms in total. The Bertz CT molecular complexity index is 3600. The van der Waals surface area contributed by atoms with Crippen LogP contribution in [0, 0.1) is 0 Å². The number of rotatable bonds is 8. The predicted octanol–water partition coefficient (Wildman–Crippen LogP) is 17.3. The lowest BCUT2D eigenvalue weighted by Crippen LogP contribution is -2.12. The second-order valence-corrected chi connectivity index (χ2v) is 16.0. The highest BCUT2D eigenvalue weighted by Gasteiger charge is 2.24. The first-order valence-corrected chi connectivity index (χ1v) is 21.4. The minimum absolute atomic E-state index is 0.868. The van der Waals surface area contributed by atoms with Gasteiger partial charge in [0.15, 0.2) is 0 Å². The quantitative estimate of drug-likeness (QED) is 0.153. The number of nitrogens with zero attached hydrogens (tertiary/aromatic N) is 1. The van der Waals surface area contributed by atoms with Crippen LogP contribution in [0.2, 0.25) is 0 Å². The average Bonchev–Trinajstić information content (AvgIpc) is 3.94. The Labute approximate surface area is 365 Å². The summed E-state index contributed by atoms with van der Waals surface area (Å²) in [6.07, 6.45) is 0. The summed E-state index contributed by atoms with van der Waals surface area (Å²) < 4.78 is 12.8. The Hall–Kier alpha value is -8.40. The molecular weight excluding hydrogens is 767 g/mol. The van der Waals surface area contributed by atoms with Gasteiger partial charge in [0.25, 0.3) is 0 Å². The van der Waals surface area contributed by atoms with Crippen LogP contribution in [-0.4, -0.2) is 0 Å². The fourth-order valence-corrected chi connectivity index (χ4v) is 9.40. The fraction of sp³-hybridized carbons (Fsp3) is 0. The first kappa shape index (κ1) is 36.5. The minimum atomic E-state index is 0.868. The van der Waals surface area contributed by atoms with Gasteiger partial charge in [-0.2, -0.15) is 0 Å². The zero-order valence-corrected chi connectivity index (χ0v) is 34.3. The monoisotopic (exact) mass is 805 g/mol. The number of anilines is 3. The van der Waals surface area contributed by atoms with Crippen molar-refractivity contribution in [2.45, 2.75) is 0 Å². The first-order chi connectivity index (χ1) is 31.2. The van der Waals surface area contributed by atoms with E-state index in [4.69, 9.17) is 8.83 Å². The molecule has 0 aliphatic heterocycles. The summed E-state index contributed by atoms with van der Waals surface area (Å²) in [5, 5.41) is 4.45. The molecule has 0 saturated heterocycles. The third-order valence-electron chi connectivity index (χ3n) is 12.3. The molecule has 10 aromatic carbocycles. The highest BCUT2D eigenvalue weighted by atomic mass is 16.3. The molecule has 0 aliphatic rings. The van der Waals surface area contributed by atoms with Crippen molar-refractivity contribution in [1.82, 2.24) is 0 Å². The molecule has 12 rings (SSSR count). The van der Waals surface area contributed by atoms with Gasteiger partial charge in [0, 0.05) is 38.5 Å². The lowest BCUT2D eigenvalue weighted by atomic mass is 9.88. The largest absolute Gasteiger partial charge is 0.456 e. The molecule has 0 atom stereocenters.